The van der Waals surface area contributed by atoms with Gasteiger partial charge in [0.05, 0.1) is 50.6 Å². The molecule has 6 N–H and O–H groups in total. The summed E-state index contributed by atoms with van der Waals surface area (Å²) < 4.78 is 16.6. The van der Waals surface area contributed by atoms with Crippen molar-refractivity contribution in [3.05, 3.63) is 0 Å². The van der Waals surface area contributed by atoms with Gasteiger partial charge in [0, 0.05) is 61.2 Å². The average molecular weight is 673 g/mol. The lowest BCUT2D eigenvalue weighted by Crippen LogP contribution is -2.36. The lowest BCUT2D eigenvalue weighted by Gasteiger charge is -2.16. The number of carbonyl (C=O) groups excluding carboxylic acids is 4. The van der Waals surface area contributed by atoms with E-state index >= 15 is 0 Å². The Morgan fingerprint density at radius 1 is 0.600 bits per heavy atom. The molecule has 13 nitrogen and oxygen atoms in total. The first-order chi connectivity index (χ1) is 22.0. The molecule has 256 valence electrons. The third kappa shape index (κ3) is 13.0. The van der Waals surface area contributed by atoms with E-state index in [-0.39, 0.29) is 48.0 Å². The summed E-state index contributed by atoms with van der Waals surface area (Å²) in [6, 6.07) is 0.851. The number of amides is 6. The van der Waals surface area contributed by atoms with Gasteiger partial charge in [-0.25, -0.2) is 9.59 Å². The van der Waals surface area contributed by atoms with Crippen LogP contribution in [0.3, 0.4) is 0 Å². The van der Waals surface area contributed by atoms with Crippen LogP contribution in [0.4, 0.5) is 9.59 Å². The van der Waals surface area contributed by atoms with Crippen molar-refractivity contribution in [1.29, 1.82) is 0 Å². The monoisotopic (exact) mass is 672 g/mol. The van der Waals surface area contributed by atoms with Crippen molar-refractivity contribution < 1.29 is 33.4 Å². The van der Waals surface area contributed by atoms with Crippen molar-refractivity contribution in [1.82, 2.24) is 31.9 Å². The van der Waals surface area contributed by atoms with E-state index in [1.165, 1.54) is 0 Å². The van der Waals surface area contributed by atoms with E-state index in [1.54, 1.807) is 0 Å². The molecule has 6 atom stereocenters. The Kier molecular flexibility index (Phi) is 16.2. The Morgan fingerprint density at radius 3 is 1.47 bits per heavy atom. The number of thioether (sulfide) groups is 2. The Bertz CT molecular complexity index is 878. The molecule has 4 heterocycles. The third-order valence-electron chi connectivity index (χ3n) is 8.48. The van der Waals surface area contributed by atoms with E-state index in [0.29, 0.717) is 76.1 Å². The topological polar surface area (TPSA) is 168 Å². The Hall–Kier alpha value is -1.94. The molecule has 45 heavy (non-hydrogen) atoms. The fourth-order valence-electron chi connectivity index (χ4n) is 6.07. The number of nitrogens with one attached hydrogen (secondary N) is 6. The van der Waals surface area contributed by atoms with Crippen LogP contribution in [0, 0.1) is 0 Å². The smallest absolute Gasteiger partial charge is 0.315 e. The highest BCUT2D eigenvalue weighted by Gasteiger charge is 2.43. The fourth-order valence-corrected chi connectivity index (χ4v) is 9.16. The number of unbranched alkanes of at least 4 members (excludes halogenated alkanes) is 2. The van der Waals surface area contributed by atoms with Crippen LogP contribution in [0.5, 0.6) is 0 Å². The molecule has 0 saturated carbocycles. The van der Waals surface area contributed by atoms with Gasteiger partial charge >= 0.3 is 12.1 Å². The van der Waals surface area contributed by atoms with Crippen LogP contribution in [-0.4, -0.2) is 123 Å². The second-order valence-corrected chi connectivity index (χ2v) is 14.5. The number of hydrogen-bond donors (Lipinski definition) is 6. The lowest BCUT2D eigenvalue weighted by atomic mass is 10.0. The Morgan fingerprint density at radius 2 is 1.02 bits per heavy atom. The molecule has 0 spiro atoms. The van der Waals surface area contributed by atoms with Crippen molar-refractivity contribution in [2.24, 2.45) is 0 Å². The first kappa shape index (κ1) is 35.9. The number of ether oxygens (including phenoxy) is 3. The molecule has 6 amide bonds. The number of fused-ring (bicyclic) bond motifs is 2. The molecule has 0 bridgehead atoms. The van der Waals surface area contributed by atoms with Gasteiger partial charge in [0.1, 0.15) is 0 Å². The fraction of sp³-hybridized carbons (Fsp3) is 0.867. The molecule has 0 aromatic heterocycles. The highest BCUT2D eigenvalue weighted by atomic mass is 32.2. The van der Waals surface area contributed by atoms with E-state index in [1.807, 2.05) is 23.5 Å². The number of carbonyl (C=O) groups is 4. The lowest BCUT2D eigenvalue weighted by molar-refractivity contribution is -0.122. The number of hydrogen-bond acceptors (Lipinski definition) is 9. The summed E-state index contributed by atoms with van der Waals surface area (Å²) in [6.45, 7) is 4.37. The largest absolute Gasteiger partial charge is 0.379 e. The summed E-state index contributed by atoms with van der Waals surface area (Å²) in [5.74, 6) is 2.09. The van der Waals surface area contributed by atoms with Gasteiger partial charge in [-0.2, -0.15) is 23.5 Å². The van der Waals surface area contributed by atoms with Crippen LogP contribution in [0.15, 0.2) is 0 Å². The van der Waals surface area contributed by atoms with Crippen molar-refractivity contribution >= 4 is 47.4 Å². The highest BCUT2D eigenvalue weighted by Crippen LogP contribution is 2.34. The van der Waals surface area contributed by atoms with Crippen LogP contribution in [0.25, 0.3) is 0 Å². The molecule has 15 heteroatoms. The summed E-state index contributed by atoms with van der Waals surface area (Å²) in [7, 11) is 0. The predicted octanol–water partition coefficient (Wildman–Crippen LogP) is 1.50. The molecule has 0 aromatic carbocycles. The SMILES string of the molecule is O=C(CCCC[C@@H]1SC[C@@H]2NC(=O)N[C@@H]21)NCCCOCCOCCOCCCNC(=O)CCCC[C@@H]1SC[C@@H]2NC(=O)N[C@@H]21. The van der Waals surface area contributed by atoms with Crippen LogP contribution in [0.2, 0.25) is 0 Å². The molecule has 4 saturated heterocycles. The number of urea groups is 2. The van der Waals surface area contributed by atoms with Gasteiger partial charge in [-0.1, -0.05) is 12.8 Å². The van der Waals surface area contributed by atoms with Crippen LogP contribution in [-0.2, 0) is 23.8 Å². The zero-order valence-electron chi connectivity index (χ0n) is 26.3. The molecule has 4 fully saturated rings. The van der Waals surface area contributed by atoms with E-state index in [9.17, 15) is 19.2 Å². The number of rotatable bonds is 24. The molecule has 4 aliphatic rings. The average Bonchev–Trinajstić information content (AvgIpc) is 3.77. The molecule has 4 rings (SSSR count). The summed E-state index contributed by atoms with van der Waals surface area (Å²) >= 11 is 3.82. The molecule has 0 radical (unpaired) electrons. The van der Waals surface area contributed by atoms with Crippen molar-refractivity contribution in [3.63, 3.8) is 0 Å². The molecule has 4 aliphatic heterocycles. The van der Waals surface area contributed by atoms with Gasteiger partial charge in [-0.05, 0) is 38.5 Å². The molecule has 0 unspecified atom stereocenters. The summed E-state index contributed by atoms with van der Waals surface area (Å²) in [4.78, 5) is 47.0. The van der Waals surface area contributed by atoms with Crippen LogP contribution < -0.4 is 31.9 Å². The zero-order valence-corrected chi connectivity index (χ0v) is 27.9. The maximum Gasteiger partial charge on any atom is 0.315 e. The Balaban J connectivity index is 0.821. The maximum absolute atomic E-state index is 12.0. The molecular formula is C30H52N6O7S2. The summed E-state index contributed by atoms with van der Waals surface area (Å²) in [5, 5.41) is 18.7. The van der Waals surface area contributed by atoms with E-state index < -0.39 is 0 Å². The van der Waals surface area contributed by atoms with Gasteiger partial charge in [-0.3, -0.25) is 9.59 Å². The third-order valence-corrected chi connectivity index (χ3v) is 11.5. The van der Waals surface area contributed by atoms with Crippen LogP contribution in [0.1, 0.15) is 64.2 Å². The standard InChI is InChI=1S/C30H52N6O7S2/c37-25(9-3-1-7-23-27-21(19-44-23)33-29(39)35-27)31-11-5-13-41-15-17-43-18-16-42-14-6-12-32-26(38)10-4-2-8-24-28-22(20-45-24)34-30(40)36-28/h21-24,27-28H,1-20H2,(H,31,37)(H,32,38)(H2,33,35,39)(H2,34,36,40)/t21-,22-,23-,24-,27-,28-/m0/s1. The quantitative estimate of drug-likeness (QED) is 0.0658. The summed E-state index contributed by atoms with van der Waals surface area (Å²) in [6.07, 6.45) is 8.33. The minimum atomic E-state index is -0.0560. The van der Waals surface area contributed by atoms with E-state index in [2.05, 4.69) is 31.9 Å². The first-order valence-electron chi connectivity index (χ1n) is 16.6. The van der Waals surface area contributed by atoms with Crippen molar-refractivity contribution in [2.75, 3.05) is 64.2 Å². The minimum Gasteiger partial charge on any atom is -0.379 e. The second kappa shape index (κ2) is 20.3. The van der Waals surface area contributed by atoms with E-state index in [0.717, 1.165) is 62.9 Å². The van der Waals surface area contributed by atoms with Crippen LogP contribution >= 0.6 is 23.5 Å². The normalized spacial score (nSPS) is 26.5. The van der Waals surface area contributed by atoms with Gasteiger partial charge < -0.3 is 46.1 Å². The minimum absolute atomic E-state index is 0.0560. The van der Waals surface area contributed by atoms with Gasteiger partial charge in [0.2, 0.25) is 11.8 Å². The van der Waals surface area contributed by atoms with Gasteiger partial charge in [0.25, 0.3) is 0 Å². The van der Waals surface area contributed by atoms with Crippen molar-refractivity contribution in [3.8, 4) is 0 Å². The first-order valence-corrected chi connectivity index (χ1v) is 18.7. The predicted molar refractivity (Wildman–Crippen MR) is 176 cm³/mol. The molecule has 0 aromatic rings. The van der Waals surface area contributed by atoms with E-state index in [4.69, 9.17) is 14.2 Å². The van der Waals surface area contributed by atoms with Crippen molar-refractivity contribution in [2.45, 2.75) is 98.9 Å². The van der Waals surface area contributed by atoms with Gasteiger partial charge in [-0.15, -0.1) is 0 Å². The maximum atomic E-state index is 12.0. The Labute approximate surface area is 275 Å². The van der Waals surface area contributed by atoms with Gasteiger partial charge in [0.15, 0.2) is 0 Å². The zero-order chi connectivity index (χ0) is 31.7. The highest BCUT2D eigenvalue weighted by molar-refractivity contribution is 8.00. The summed E-state index contributed by atoms with van der Waals surface area (Å²) in [5.41, 5.74) is 0. The second-order valence-electron chi connectivity index (χ2n) is 12.0. The molecular weight excluding hydrogens is 620 g/mol. The molecule has 0 aliphatic carbocycles.